The number of amides is 1. The molecule has 2 aromatic heterocycles. The highest BCUT2D eigenvalue weighted by Crippen LogP contribution is 2.22. The van der Waals surface area contributed by atoms with Crippen molar-refractivity contribution in [3.8, 4) is 0 Å². The van der Waals surface area contributed by atoms with Gasteiger partial charge in [0, 0.05) is 37.9 Å². The summed E-state index contributed by atoms with van der Waals surface area (Å²) in [5, 5.41) is 13.6. The molecule has 0 atom stereocenters. The summed E-state index contributed by atoms with van der Waals surface area (Å²) in [6.07, 6.45) is 6.01. The van der Waals surface area contributed by atoms with E-state index in [1.165, 1.54) is 17.7 Å². The van der Waals surface area contributed by atoms with Gasteiger partial charge in [-0.25, -0.2) is 4.98 Å². The van der Waals surface area contributed by atoms with Crippen molar-refractivity contribution in [1.82, 2.24) is 30.4 Å². The highest BCUT2D eigenvalue weighted by molar-refractivity contribution is 5.92. The third-order valence-corrected chi connectivity index (χ3v) is 4.46. The molecule has 1 amide bonds. The standard InChI is InChI=1S/C15H20N6O/c22-15(13-9-21-7-6-16-5-4-14(21)18-13)17-8-12-10-2-1-3-11(10)19-20-12/h9,16H,1-8H2,(H,17,22)(H,19,20). The van der Waals surface area contributed by atoms with E-state index in [0.717, 1.165) is 50.4 Å². The van der Waals surface area contributed by atoms with Gasteiger partial charge in [0.2, 0.25) is 0 Å². The number of carbonyl (C=O) groups is 1. The Hall–Kier alpha value is -2.15. The number of hydrogen-bond donors (Lipinski definition) is 3. The van der Waals surface area contributed by atoms with Crippen LogP contribution in [0.15, 0.2) is 6.20 Å². The SMILES string of the molecule is O=C(NCc1n[nH]c2c1CCC2)c1cn2c(n1)CCNCC2. The molecule has 22 heavy (non-hydrogen) atoms. The lowest BCUT2D eigenvalue weighted by atomic mass is 10.2. The molecule has 0 saturated carbocycles. The second kappa shape index (κ2) is 5.57. The van der Waals surface area contributed by atoms with Gasteiger partial charge in [-0.3, -0.25) is 9.89 Å². The second-order valence-corrected chi connectivity index (χ2v) is 5.90. The first kappa shape index (κ1) is 13.5. The Labute approximate surface area is 128 Å². The molecule has 4 rings (SSSR count). The van der Waals surface area contributed by atoms with Crippen LogP contribution in [0.2, 0.25) is 0 Å². The molecular formula is C15H20N6O. The summed E-state index contributed by atoms with van der Waals surface area (Å²) in [4.78, 5) is 16.8. The first-order chi connectivity index (χ1) is 10.8. The molecule has 3 heterocycles. The molecule has 0 unspecified atom stereocenters. The Morgan fingerprint density at radius 2 is 2.27 bits per heavy atom. The van der Waals surface area contributed by atoms with Gasteiger partial charge in [-0.1, -0.05) is 0 Å². The van der Waals surface area contributed by atoms with Crippen LogP contribution in [0.25, 0.3) is 0 Å². The Bertz CT molecular complexity index is 677. The van der Waals surface area contributed by atoms with E-state index in [1.54, 1.807) is 0 Å². The number of H-pyrrole nitrogens is 1. The van der Waals surface area contributed by atoms with Crippen LogP contribution in [0.3, 0.4) is 0 Å². The fraction of sp³-hybridized carbons (Fsp3) is 0.533. The average molecular weight is 300 g/mol. The van der Waals surface area contributed by atoms with Crippen molar-refractivity contribution in [2.75, 3.05) is 13.1 Å². The van der Waals surface area contributed by atoms with Crippen molar-refractivity contribution in [3.05, 3.63) is 34.7 Å². The van der Waals surface area contributed by atoms with Crippen molar-refractivity contribution < 1.29 is 4.79 Å². The van der Waals surface area contributed by atoms with Gasteiger partial charge in [0.05, 0.1) is 12.2 Å². The first-order valence-corrected chi connectivity index (χ1v) is 7.91. The van der Waals surface area contributed by atoms with Crippen LogP contribution in [0.1, 0.15) is 39.7 Å². The van der Waals surface area contributed by atoms with Gasteiger partial charge < -0.3 is 15.2 Å². The summed E-state index contributed by atoms with van der Waals surface area (Å²) in [5.41, 5.74) is 3.98. The van der Waals surface area contributed by atoms with Gasteiger partial charge in [-0.05, 0) is 24.8 Å². The smallest absolute Gasteiger partial charge is 0.271 e. The van der Waals surface area contributed by atoms with Crippen LogP contribution in [-0.4, -0.2) is 38.7 Å². The van der Waals surface area contributed by atoms with Crippen molar-refractivity contribution in [2.24, 2.45) is 0 Å². The molecule has 0 bridgehead atoms. The summed E-state index contributed by atoms with van der Waals surface area (Å²) in [6, 6.07) is 0. The van der Waals surface area contributed by atoms with Crippen LogP contribution in [0.5, 0.6) is 0 Å². The van der Waals surface area contributed by atoms with Crippen LogP contribution in [0.4, 0.5) is 0 Å². The van der Waals surface area contributed by atoms with Crippen LogP contribution in [0, 0.1) is 0 Å². The molecule has 2 aromatic rings. The summed E-state index contributed by atoms with van der Waals surface area (Å²) >= 11 is 0. The number of aromatic nitrogens is 4. The number of rotatable bonds is 3. The van der Waals surface area contributed by atoms with Gasteiger partial charge in [0.15, 0.2) is 0 Å². The Morgan fingerprint density at radius 1 is 1.32 bits per heavy atom. The third-order valence-electron chi connectivity index (χ3n) is 4.46. The van der Waals surface area contributed by atoms with E-state index < -0.39 is 0 Å². The molecule has 0 fully saturated rings. The fourth-order valence-electron chi connectivity index (χ4n) is 3.27. The number of aromatic amines is 1. The van der Waals surface area contributed by atoms with Crippen molar-refractivity contribution in [3.63, 3.8) is 0 Å². The largest absolute Gasteiger partial charge is 0.345 e. The Balaban J connectivity index is 1.44. The molecule has 0 saturated heterocycles. The molecule has 2 aliphatic rings. The topological polar surface area (TPSA) is 87.6 Å². The number of aryl methyl sites for hydroxylation is 1. The van der Waals surface area contributed by atoms with E-state index in [0.29, 0.717) is 12.2 Å². The van der Waals surface area contributed by atoms with Crippen LogP contribution < -0.4 is 10.6 Å². The van der Waals surface area contributed by atoms with E-state index in [4.69, 9.17) is 0 Å². The van der Waals surface area contributed by atoms with Gasteiger partial charge in [0.25, 0.3) is 5.91 Å². The quantitative estimate of drug-likeness (QED) is 0.754. The van der Waals surface area contributed by atoms with E-state index in [1.807, 2.05) is 6.20 Å². The summed E-state index contributed by atoms with van der Waals surface area (Å²) in [6.45, 7) is 3.16. The zero-order valence-electron chi connectivity index (χ0n) is 12.5. The lowest BCUT2D eigenvalue weighted by molar-refractivity contribution is 0.0945. The number of fused-ring (bicyclic) bond motifs is 2. The summed E-state index contributed by atoms with van der Waals surface area (Å²) in [5.74, 6) is 0.860. The molecule has 0 aromatic carbocycles. The van der Waals surface area contributed by atoms with Gasteiger partial charge in [-0.2, -0.15) is 5.10 Å². The maximum absolute atomic E-state index is 12.3. The van der Waals surface area contributed by atoms with Crippen LogP contribution >= 0.6 is 0 Å². The molecular weight excluding hydrogens is 280 g/mol. The summed E-state index contributed by atoms with van der Waals surface area (Å²) in [7, 11) is 0. The van der Waals surface area contributed by atoms with E-state index in [9.17, 15) is 4.79 Å². The lowest BCUT2D eigenvalue weighted by Gasteiger charge is -2.02. The maximum Gasteiger partial charge on any atom is 0.271 e. The molecule has 3 N–H and O–H groups in total. The minimum Gasteiger partial charge on any atom is -0.345 e. The number of nitrogens with zero attached hydrogens (tertiary/aromatic N) is 3. The highest BCUT2D eigenvalue weighted by Gasteiger charge is 2.20. The monoisotopic (exact) mass is 300 g/mol. The molecule has 0 spiro atoms. The number of carbonyl (C=O) groups excluding carboxylic acids is 1. The molecule has 1 aliphatic heterocycles. The maximum atomic E-state index is 12.3. The Kier molecular flexibility index (Phi) is 3.42. The predicted octanol–water partition coefficient (Wildman–Crippen LogP) is 0.171. The summed E-state index contributed by atoms with van der Waals surface area (Å²) < 4.78 is 2.07. The zero-order chi connectivity index (χ0) is 14.9. The number of imidazole rings is 1. The molecule has 116 valence electrons. The van der Waals surface area contributed by atoms with Crippen LogP contribution in [-0.2, 0) is 32.4 Å². The van der Waals surface area contributed by atoms with E-state index in [-0.39, 0.29) is 5.91 Å². The predicted molar refractivity (Wildman–Crippen MR) is 80.6 cm³/mol. The second-order valence-electron chi connectivity index (χ2n) is 5.90. The molecule has 0 radical (unpaired) electrons. The lowest BCUT2D eigenvalue weighted by Crippen LogP contribution is -2.24. The fourth-order valence-corrected chi connectivity index (χ4v) is 3.27. The molecule has 7 heteroatoms. The van der Waals surface area contributed by atoms with Gasteiger partial charge in [-0.15, -0.1) is 0 Å². The van der Waals surface area contributed by atoms with E-state index >= 15 is 0 Å². The highest BCUT2D eigenvalue weighted by atomic mass is 16.1. The first-order valence-electron chi connectivity index (χ1n) is 7.91. The third kappa shape index (κ3) is 2.41. The molecule has 7 nitrogen and oxygen atoms in total. The van der Waals surface area contributed by atoms with E-state index in [2.05, 4.69) is 30.4 Å². The average Bonchev–Trinajstić information content (AvgIpc) is 3.18. The minimum atomic E-state index is -0.122. The number of hydrogen-bond acceptors (Lipinski definition) is 4. The normalized spacial score (nSPS) is 16.9. The minimum absolute atomic E-state index is 0.122. The molecule has 1 aliphatic carbocycles. The van der Waals surface area contributed by atoms with Crippen molar-refractivity contribution in [1.29, 1.82) is 0 Å². The Morgan fingerprint density at radius 3 is 3.23 bits per heavy atom. The van der Waals surface area contributed by atoms with Gasteiger partial charge in [0.1, 0.15) is 11.5 Å². The zero-order valence-corrected chi connectivity index (χ0v) is 12.5. The van der Waals surface area contributed by atoms with Crippen molar-refractivity contribution in [2.45, 2.75) is 38.8 Å². The number of nitrogens with one attached hydrogen (secondary N) is 3. The van der Waals surface area contributed by atoms with Crippen molar-refractivity contribution >= 4 is 5.91 Å². The van der Waals surface area contributed by atoms with Gasteiger partial charge >= 0.3 is 0 Å².